The Kier molecular flexibility index (Phi) is 4.40. The van der Waals surface area contributed by atoms with Crippen LogP contribution in [0.4, 0.5) is 4.39 Å². The summed E-state index contributed by atoms with van der Waals surface area (Å²) < 4.78 is 19.2. The second-order valence-corrected chi connectivity index (χ2v) is 5.16. The summed E-state index contributed by atoms with van der Waals surface area (Å²) >= 11 is 0. The summed E-state index contributed by atoms with van der Waals surface area (Å²) in [4.78, 5) is 0. The molecule has 2 N–H and O–H groups in total. The van der Waals surface area contributed by atoms with Crippen LogP contribution in [-0.2, 0) is 0 Å². The quantitative estimate of drug-likeness (QED) is 0.916. The lowest BCUT2D eigenvalue weighted by Gasteiger charge is -2.25. The molecular weight excluding hydrogens is 253 g/mol. The molecule has 2 atom stereocenters. The summed E-state index contributed by atoms with van der Waals surface area (Å²) in [7, 11) is 0. The van der Waals surface area contributed by atoms with Gasteiger partial charge in [-0.25, -0.2) is 4.39 Å². The first-order chi connectivity index (χ1) is 9.49. The van der Waals surface area contributed by atoms with Crippen LogP contribution in [0.25, 0.3) is 0 Å². The van der Waals surface area contributed by atoms with Crippen molar-refractivity contribution in [1.29, 1.82) is 0 Å². The molecule has 3 heteroatoms. The number of rotatable bonds is 4. The van der Waals surface area contributed by atoms with Gasteiger partial charge in [-0.2, -0.15) is 0 Å². The number of hydrogen-bond acceptors (Lipinski definition) is 2. The van der Waals surface area contributed by atoms with Gasteiger partial charge in [0.2, 0.25) is 0 Å². The van der Waals surface area contributed by atoms with E-state index in [1.165, 1.54) is 12.1 Å². The number of benzene rings is 2. The molecule has 0 aliphatic heterocycles. The fourth-order valence-electron chi connectivity index (χ4n) is 2.24. The van der Waals surface area contributed by atoms with Gasteiger partial charge in [0.25, 0.3) is 0 Å². The molecule has 0 bridgehead atoms. The molecule has 2 aromatic carbocycles. The lowest BCUT2D eigenvalue weighted by molar-refractivity contribution is 0.178. The molecule has 2 unspecified atom stereocenters. The third-order valence-corrected chi connectivity index (χ3v) is 3.36. The van der Waals surface area contributed by atoms with Crippen LogP contribution in [-0.4, -0.2) is 6.04 Å². The second kappa shape index (κ2) is 6.06. The summed E-state index contributed by atoms with van der Waals surface area (Å²) in [6.45, 7) is 5.77. The van der Waals surface area contributed by atoms with Crippen LogP contribution in [0.15, 0.2) is 42.5 Å². The van der Waals surface area contributed by atoms with Gasteiger partial charge in [0.1, 0.15) is 17.7 Å². The van der Waals surface area contributed by atoms with E-state index in [2.05, 4.69) is 0 Å². The fraction of sp³-hybridized carbons (Fsp3) is 0.294. The number of halogens is 1. The van der Waals surface area contributed by atoms with Gasteiger partial charge in [0.05, 0.1) is 0 Å². The minimum Gasteiger partial charge on any atom is -0.484 e. The van der Waals surface area contributed by atoms with Gasteiger partial charge in [-0.1, -0.05) is 24.3 Å². The zero-order valence-electron chi connectivity index (χ0n) is 12.1. The fourth-order valence-corrected chi connectivity index (χ4v) is 2.24. The molecule has 0 aliphatic carbocycles. The molecule has 0 aliphatic rings. The minimum atomic E-state index is -0.261. The number of nitrogens with two attached hydrogens (primary N) is 1. The average molecular weight is 273 g/mol. The Bertz CT molecular complexity index is 595. The number of hydrogen-bond donors (Lipinski definition) is 1. The van der Waals surface area contributed by atoms with Gasteiger partial charge in [-0.15, -0.1) is 0 Å². The van der Waals surface area contributed by atoms with Crippen molar-refractivity contribution in [3.05, 3.63) is 65.0 Å². The molecule has 0 spiro atoms. The van der Waals surface area contributed by atoms with Crippen LogP contribution in [0.5, 0.6) is 5.75 Å². The van der Waals surface area contributed by atoms with Gasteiger partial charge < -0.3 is 10.5 Å². The van der Waals surface area contributed by atoms with Crippen molar-refractivity contribution in [2.24, 2.45) is 5.73 Å². The van der Waals surface area contributed by atoms with Crippen LogP contribution in [0.2, 0.25) is 0 Å². The maximum atomic E-state index is 13.2. The van der Waals surface area contributed by atoms with E-state index in [0.717, 1.165) is 16.7 Å². The minimum absolute atomic E-state index is 0.166. The summed E-state index contributed by atoms with van der Waals surface area (Å²) in [6.07, 6.45) is -0.250. The van der Waals surface area contributed by atoms with Crippen molar-refractivity contribution in [2.45, 2.75) is 32.9 Å². The van der Waals surface area contributed by atoms with Crippen molar-refractivity contribution < 1.29 is 9.13 Å². The molecule has 0 radical (unpaired) electrons. The van der Waals surface area contributed by atoms with Crippen LogP contribution in [0, 0.1) is 19.7 Å². The molecule has 2 nitrogen and oxygen atoms in total. The highest BCUT2D eigenvalue weighted by molar-refractivity contribution is 5.35. The molecule has 0 saturated heterocycles. The van der Waals surface area contributed by atoms with Crippen molar-refractivity contribution in [3.63, 3.8) is 0 Å². The molecule has 0 aromatic heterocycles. The van der Waals surface area contributed by atoms with E-state index in [1.54, 1.807) is 6.07 Å². The Balaban J connectivity index is 2.33. The maximum absolute atomic E-state index is 13.2. The van der Waals surface area contributed by atoms with E-state index in [4.69, 9.17) is 10.5 Å². The molecule has 0 amide bonds. The first-order valence-electron chi connectivity index (χ1n) is 6.73. The first-order valence-corrected chi connectivity index (χ1v) is 6.73. The Hall–Kier alpha value is -1.87. The van der Waals surface area contributed by atoms with Gasteiger partial charge in [0.15, 0.2) is 0 Å². The third-order valence-electron chi connectivity index (χ3n) is 3.36. The Labute approximate surface area is 119 Å². The largest absolute Gasteiger partial charge is 0.484 e. The van der Waals surface area contributed by atoms with Crippen LogP contribution in [0.1, 0.15) is 29.7 Å². The lowest BCUT2D eigenvalue weighted by atomic mass is 9.99. The van der Waals surface area contributed by atoms with Crippen molar-refractivity contribution in [3.8, 4) is 5.75 Å². The Morgan fingerprint density at radius 1 is 1.05 bits per heavy atom. The van der Waals surface area contributed by atoms with E-state index >= 15 is 0 Å². The van der Waals surface area contributed by atoms with Gasteiger partial charge in [-0.05, 0) is 55.7 Å². The third kappa shape index (κ3) is 3.17. The Morgan fingerprint density at radius 2 is 1.75 bits per heavy atom. The summed E-state index contributed by atoms with van der Waals surface area (Å²) in [5.41, 5.74) is 9.03. The first kappa shape index (κ1) is 14.5. The van der Waals surface area contributed by atoms with Gasteiger partial charge in [-0.3, -0.25) is 0 Å². The standard InChI is InChI=1S/C17H20FNO/c1-11-6-4-5-7-15(11)17(13(3)19)20-16-9-8-14(18)10-12(16)2/h4-10,13,17H,19H2,1-3H3. The van der Waals surface area contributed by atoms with Crippen molar-refractivity contribution >= 4 is 0 Å². The van der Waals surface area contributed by atoms with E-state index in [0.29, 0.717) is 5.75 Å². The predicted molar refractivity (Wildman–Crippen MR) is 79.3 cm³/mol. The van der Waals surface area contributed by atoms with E-state index < -0.39 is 0 Å². The molecule has 0 saturated carbocycles. The SMILES string of the molecule is Cc1cc(F)ccc1OC(c1ccccc1C)C(C)N. The molecule has 2 rings (SSSR count). The number of ether oxygens (including phenoxy) is 1. The summed E-state index contributed by atoms with van der Waals surface area (Å²) in [6, 6.07) is 12.4. The van der Waals surface area contributed by atoms with Crippen LogP contribution in [0.3, 0.4) is 0 Å². The molecule has 2 aromatic rings. The van der Waals surface area contributed by atoms with Gasteiger partial charge in [0, 0.05) is 6.04 Å². The Morgan fingerprint density at radius 3 is 2.35 bits per heavy atom. The highest BCUT2D eigenvalue weighted by Gasteiger charge is 2.20. The molecular formula is C17H20FNO. The zero-order valence-corrected chi connectivity index (χ0v) is 12.1. The van der Waals surface area contributed by atoms with E-state index in [9.17, 15) is 4.39 Å². The van der Waals surface area contributed by atoms with E-state index in [-0.39, 0.29) is 18.0 Å². The van der Waals surface area contributed by atoms with Crippen molar-refractivity contribution in [1.82, 2.24) is 0 Å². The smallest absolute Gasteiger partial charge is 0.139 e. The van der Waals surface area contributed by atoms with Crippen LogP contribution < -0.4 is 10.5 Å². The predicted octanol–water partition coefficient (Wildman–Crippen LogP) is 3.91. The maximum Gasteiger partial charge on any atom is 0.139 e. The molecule has 20 heavy (non-hydrogen) atoms. The number of aryl methyl sites for hydroxylation is 2. The molecule has 0 fully saturated rings. The normalized spacial score (nSPS) is 13.8. The summed E-state index contributed by atoms with van der Waals surface area (Å²) in [5, 5.41) is 0. The highest BCUT2D eigenvalue weighted by atomic mass is 19.1. The van der Waals surface area contributed by atoms with Crippen molar-refractivity contribution in [2.75, 3.05) is 0 Å². The molecule has 0 heterocycles. The topological polar surface area (TPSA) is 35.2 Å². The van der Waals surface area contributed by atoms with Gasteiger partial charge >= 0.3 is 0 Å². The van der Waals surface area contributed by atoms with Crippen LogP contribution >= 0.6 is 0 Å². The van der Waals surface area contributed by atoms with E-state index in [1.807, 2.05) is 45.0 Å². The second-order valence-electron chi connectivity index (χ2n) is 5.16. The molecule has 106 valence electrons. The lowest BCUT2D eigenvalue weighted by Crippen LogP contribution is -2.29. The average Bonchev–Trinajstić information content (AvgIpc) is 2.39. The monoisotopic (exact) mass is 273 g/mol. The summed E-state index contributed by atoms with van der Waals surface area (Å²) in [5.74, 6) is 0.403. The zero-order chi connectivity index (χ0) is 14.7. The highest BCUT2D eigenvalue weighted by Crippen LogP contribution is 2.28.